The molecule has 6 heteroatoms. The number of nitrogens with zero attached hydrogens (tertiary/aromatic N) is 2. The first-order valence-electron chi connectivity index (χ1n) is 6.20. The molecule has 0 spiro atoms. The molecule has 0 atom stereocenters. The molecule has 5 nitrogen and oxygen atoms in total. The second-order valence-corrected chi connectivity index (χ2v) is 5.85. The first-order valence-corrected chi connectivity index (χ1v) is 7.02. The van der Waals surface area contributed by atoms with Gasteiger partial charge in [0.2, 0.25) is 0 Å². The largest absolute Gasteiger partial charge is 0.378 e. The molecule has 0 unspecified atom stereocenters. The highest BCUT2D eigenvalue weighted by Gasteiger charge is 2.15. The molecule has 0 fully saturated rings. The smallest absolute Gasteiger partial charge is 0.267 e. The lowest BCUT2D eigenvalue weighted by atomic mass is 10.1. The van der Waals surface area contributed by atoms with Gasteiger partial charge in [-0.25, -0.2) is 4.98 Å². The van der Waals surface area contributed by atoms with Crippen molar-refractivity contribution in [3.05, 3.63) is 34.3 Å². The molecule has 2 rings (SSSR count). The molecule has 2 aromatic rings. The van der Waals surface area contributed by atoms with Gasteiger partial charge in [0.15, 0.2) is 5.13 Å². The number of nitrogens with two attached hydrogens (primary N) is 1. The van der Waals surface area contributed by atoms with Crippen LogP contribution in [-0.2, 0) is 0 Å². The minimum absolute atomic E-state index is 0.169. The molecule has 1 aromatic carbocycles. The molecular formula is C14H18N4OS. The molecule has 0 aliphatic rings. The van der Waals surface area contributed by atoms with Crippen LogP contribution >= 0.6 is 11.3 Å². The zero-order valence-electron chi connectivity index (χ0n) is 12.0. The van der Waals surface area contributed by atoms with Crippen LogP contribution in [0.1, 0.15) is 20.9 Å². The second kappa shape index (κ2) is 5.50. The Kier molecular flexibility index (Phi) is 3.94. The summed E-state index contributed by atoms with van der Waals surface area (Å²) in [6, 6.07) is 5.91. The summed E-state index contributed by atoms with van der Waals surface area (Å²) in [5, 5.41) is 3.31. The Balaban J connectivity index is 2.22. The number of benzene rings is 1. The quantitative estimate of drug-likeness (QED) is 0.911. The number of aromatic nitrogens is 1. The van der Waals surface area contributed by atoms with Crippen LogP contribution in [0.5, 0.6) is 0 Å². The average molecular weight is 290 g/mol. The first-order chi connectivity index (χ1) is 9.38. The van der Waals surface area contributed by atoms with Crippen molar-refractivity contribution in [1.29, 1.82) is 0 Å². The van der Waals surface area contributed by atoms with Crippen LogP contribution in [0.25, 0.3) is 0 Å². The minimum atomic E-state index is -0.169. The molecule has 0 saturated heterocycles. The molecule has 0 bridgehead atoms. The SMILES string of the molecule is Cc1cc(N(C)C)ccc1NC(=O)c1sc(N)nc1C. The Hall–Kier alpha value is -2.08. The van der Waals surface area contributed by atoms with E-state index in [9.17, 15) is 4.79 Å². The van der Waals surface area contributed by atoms with Gasteiger partial charge in [0.1, 0.15) is 4.88 Å². The molecule has 106 valence electrons. The summed E-state index contributed by atoms with van der Waals surface area (Å²) >= 11 is 1.20. The number of thiazole rings is 1. The van der Waals surface area contributed by atoms with Crippen LogP contribution in [0, 0.1) is 13.8 Å². The molecule has 0 aliphatic heterocycles. The maximum atomic E-state index is 12.2. The predicted molar refractivity (Wildman–Crippen MR) is 84.7 cm³/mol. The van der Waals surface area contributed by atoms with Crippen LogP contribution in [-0.4, -0.2) is 25.0 Å². The monoisotopic (exact) mass is 290 g/mol. The van der Waals surface area contributed by atoms with Gasteiger partial charge in [-0.1, -0.05) is 11.3 Å². The third-order valence-electron chi connectivity index (χ3n) is 2.99. The summed E-state index contributed by atoms with van der Waals surface area (Å²) in [4.78, 5) is 18.8. The highest BCUT2D eigenvalue weighted by atomic mass is 32.1. The van der Waals surface area contributed by atoms with Crippen LogP contribution in [0.4, 0.5) is 16.5 Å². The molecule has 0 radical (unpaired) electrons. The zero-order chi connectivity index (χ0) is 14.9. The third-order valence-corrected chi connectivity index (χ3v) is 3.98. The molecule has 20 heavy (non-hydrogen) atoms. The van der Waals surface area contributed by atoms with E-state index < -0.39 is 0 Å². The van der Waals surface area contributed by atoms with Gasteiger partial charge in [0.05, 0.1) is 5.69 Å². The summed E-state index contributed by atoms with van der Waals surface area (Å²) in [5.41, 5.74) is 9.18. The zero-order valence-corrected chi connectivity index (χ0v) is 12.8. The van der Waals surface area contributed by atoms with Crippen LogP contribution < -0.4 is 16.0 Å². The van der Waals surface area contributed by atoms with Gasteiger partial charge in [0.25, 0.3) is 5.91 Å². The second-order valence-electron chi connectivity index (χ2n) is 4.81. The number of hydrogen-bond donors (Lipinski definition) is 2. The highest BCUT2D eigenvalue weighted by molar-refractivity contribution is 7.17. The van der Waals surface area contributed by atoms with Crippen molar-refractivity contribution in [1.82, 2.24) is 4.98 Å². The minimum Gasteiger partial charge on any atom is -0.378 e. The molecule has 0 aliphatic carbocycles. The van der Waals surface area contributed by atoms with E-state index in [0.29, 0.717) is 15.7 Å². The van der Waals surface area contributed by atoms with E-state index in [2.05, 4.69) is 10.3 Å². The van der Waals surface area contributed by atoms with Crippen LogP contribution in [0.15, 0.2) is 18.2 Å². The van der Waals surface area contributed by atoms with E-state index >= 15 is 0 Å². The molecule has 0 saturated carbocycles. The fourth-order valence-corrected chi connectivity index (χ4v) is 2.60. The normalized spacial score (nSPS) is 10.4. The van der Waals surface area contributed by atoms with E-state index in [0.717, 1.165) is 16.9 Å². The molecule has 3 N–H and O–H groups in total. The number of nitrogen functional groups attached to an aromatic ring is 1. The van der Waals surface area contributed by atoms with E-state index in [1.54, 1.807) is 6.92 Å². The summed E-state index contributed by atoms with van der Waals surface area (Å²) in [5.74, 6) is -0.169. The summed E-state index contributed by atoms with van der Waals surface area (Å²) in [6.45, 7) is 3.75. The van der Waals surface area contributed by atoms with Gasteiger partial charge in [-0.05, 0) is 37.6 Å². The topological polar surface area (TPSA) is 71.2 Å². The number of nitrogens with one attached hydrogen (secondary N) is 1. The maximum absolute atomic E-state index is 12.2. The highest BCUT2D eigenvalue weighted by Crippen LogP contribution is 2.24. The summed E-state index contributed by atoms with van der Waals surface area (Å²) < 4.78 is 0. The van der Waals surface area contributed by atoms with Crippen molar-refractivity contribution in [2.45, 2.75) is 13.8 Å². The average Bonchev–Trinajstić information content (AvgIpc) is 2.70. The number of carbonyl (C=O) groups excluding carboxylic acids is 1. The molecular weight excluding hydrogens is 272 g/mol. The Morgan fingerprint density at radius 3 is 2.55 bits per heavy atom. The van der Waals surface area contributed by atoms with Gasteiger partial charge in [0, 0.05) is 25.5 Å². The number of rotatable bonds is 3. The van der Waals surface area contributed by atoms with E-state index in [4.69, 9.17) is 5.73 Å². The Morgan fingerprint density at radius 1 is 1.35 bits per heavy atom. The van der Waals surface area contributed by atoms with Gasteiger partial charge in [-0.15, -0.1) is 0 Å². The fraction of sp³-hybridized carbons (Fsp3) is 0.286. The van der Waals surface area contributed by atoms with E-state index in [1.165, 1.54) is 11.3 Å². The predicted octanol–water partition coefficient (Wildman–Crippen LogP) is 2.66. The Bertz CT molecular complexity index is 649. The van der Waals surface area contributed by atoms with E-state index in [-0.39, 0.29) is 5.91 Å². The summed E-state index contributed by atoms with van der Waals surface area (Å²) in [6.07, 6.45) is 0. The van der Waals surface area contributed by atoms with Crippen molar-refractivity contribution < 1.29 is 4.79 Å². The third kappa shape index (κ3) is 2.91. The van der Waals surface area contributed by atoms with Crippen molar-refractivity contribution in [2.24, 2.45) is 0 Å². The number of carbonyl (C=O) groups is 1. The van der Waals surface area contributed by atoms with Gasteiger partial charge in [-0.2, -0.15) is 0 Å². The Labute approximate surface area is 122 Å². The maximum Gasteiger partial charge on any atom is 0.267 e. The Morgan fingerprint density at radius 2 is 2.05 bits per heavy atom. The molecule has 1 heterocycles. The first kappa shape index (κ1) is 14.3. The van der Waals surface area contributed by atoms with Gasteiger partial charge in [-0.3, -0.25) is 4.79 Å². The van der Waals surface area contributed by atoms with Crippen LogP contribution in [0.3, 0.4) is 0 Å². The molecule has 1 amide bonds. The standard InChI is InChI=1S/C14H18N4OS/c1-8-7-10(18(3)4)5-6-11(8)17-13(19)12-9(2)16-14(15)20-12/h5-7H,1-4H3,(H2,15,16)(H,17,19). The molecule has 1 aromatic heterocycles. The summed E-state index contributed by atoms with van der Waals surface area (Å²) in [7, 11) is 3.97. The number of hydrogen-bond acceptors (Lipinski definition) is 5. The van der Waals surface area contributed by atoms with Crippen molar-refractivity contribution in [3.8, 4) is 0 Å². The lowest BCUT2D eigenvalue weighted by Gasteiger charge is -2.15. The number of amides is 1. The number of aryl methyl sites for hydroxylation is 2. The van der Waals surface area contributed by atoms with Crippen LogP contribution in [0.2, 0.25) is 0 Å². The number of anilines is 3. The lowest BCUT2D eigenvalue weighted by molar-refractivity contribution is 0.102. The fourth-order valence-electron chi connectivity index (χ4n) is 1.87. The van der Waals surface area contributed by atoms with Gasteiger partial charge < -0.3 is 16.0 Å². The van der Waals surface area contributed by atoms with Gasteiger partial charge >= 0.3 is 0 Å². The van der Waals surface area contributed by atoms with E-state index in [1.807, 2.05) is 44.1 Å². The van der Waals surface area contributed by atoms with Crippen molar-refractivity contribution >= 4 is 33.8 Å². The lowest BCUT2D eigenvalue weighted by Crippen LogP contribution is -2.13. The van der Waals surface area contributed by atoms with Crippen molar-refractivity contribution in [3.63, 3.8) is 0 Å². The van der Waals surface area contributed by atoms with Crippen molar-refractivity contribution in [2.75, 3.05) is 30.0 Å².